The minimum Gasteiger partial charge on any atom is -0.444 e. The van der Waals surface area contributed by atoms with Gasteiger partial charge in [-0.15, -0.1) is 0 Å². The third kappa shape index (κ3) is 8.65. The van der Waals surface area contributed by atoms with Crippen LogP contribution in [0.2, 0.25) is 0 Å². The van der Waals surface area contributed by atoms with Crippen LogP contribution in [0.1, 0.15) is 27.2 Å². The number of nitrogens with one attached hydrogen (secondary N) is 1. The first-order valence-corrected chi connectivity index (χ1v) is 4.06. The van der Waals surface area contributed by atoms with Crippen LogP contribution in [0, 0.1) is 0 Å². The molecule has 0 spiro atoms. The fourth-order valence-corrected chi connectivity index (χ4v) is 0.602. The zero-order valence-electron chi connectivity index (χ0n) is 8.22. The highest BCUT2D eigenvalue weighted by atomic mass is 16.6. The van der Waals surface area contributed by atoms with Gasteiger partial charge in [-0.2, -0.15) is 0 Å². The number of primary amides is 1. The molecule has 0 aromatic carbocycles. The monoisotopic (exact) mass is 188 g/mol. The number of ether oxygens (including phenoxy) is 1. The third-order valence-electron chi connectivity index (χ3n) is 1.04. The molecular weight excluding hydrogens is 172 g/mol. The summed E-state index contributed by atoms with van der Waals surface area (Å²) in [4.78, 5) is 21.3. The smallest absolute Gasteiger partial charge is 0.407 e. The Morgan fingerprint density at radius 3 is 2.31 bits per heavy atom. The summed E-state index contributed by atoms with van der Waals surface area (Å²) in [6.45, 7) is 5.51. The Hall–Kier alpha value is -1.26. The molecule has 5 heteroatoms. The largest absolute Gasteiger partial charge is 0.444 e. The number of amides is 2. The fourth-order valence-electron chi connectivity index (χ4n) is 0.602. The zero-order valence-corrected chi connectivity index (χ0v) is 8.22. The Kier molecular flexibility index (Phi) is 4.23. The average Bonchev–Trinajstić information content (AvgIpc) is 1.81. The lowest BCUT2D eigenvalue weighted by Gasteiger charge is -2.19. The Balaban J connectivity index is 3.59. The van der Waals surface area contributed by atoms with Crippen molar-refractivity contribution in [2.75, 3.05) is 6.54 Å². The highest BCUT2D eigenvalue weighted by Gasteiger charge is 2.15. The molecule has 2 amide bonds. The van der Waals surface area contributed by atoms with Crippen molar-refractivity contribution < 1.29 is 14.3 Å². The molecule has 0 aromatic rings. The molecule has 13 heavy (non-hydrogen) atoms. The van der Waals surface area contributed by atoms with E-state index in [9.17, 15) is 9.59 Å². The lowest BCUT2D eigenvalue weighted by Crippen LogP contribution is -2.34. The fraction of sp³-hybridized carbons (Fsp3) is 0.750. The molecule has 0 heterocycles. The van der Waals surface area contributed by atoms with Crippen LogP contribution < -0.4 is 11.1 Å². The normalized spacial score (nSPS) is 10.7. The molecule has 0 atom stereocenters. The summed E-state index contributed by atoms with van der Waals surface area (Å²) >= 11 is 0. The first kappa shape index (κ1) is 11.7. The van der Waals surface area contributed by atoms with Crippen LogP contribution in [-0.2, 0) is 9.53 Å². The van der Waals surface area contributed by atoms with Crippen LogP contribution in [-0.4, -0.2) is 24.1 Å². The summed E-state index contributed by atoms with van der Waals surface area (Å²) in [5, 5.41) is 2.41. The lowest BCUT2D eigenvalue weighted by molar-refractivity contribution is -0.117. The minimum absolute atomic E-state index is 0.124. The number of hydrogen-bond acceptors (Lipinski definition) is 3. The highest BCUT2D eigenvalue weighted by molar-refractivity contribution is 5.75. The molecule has 0 saturated heterocycles. The lowest BCUT2D eigenvalue weighted by atomic mass is 10.2. The maximum atomic E-state index is 11.0. The van der Waals surface area contributed by atoms with Crippen molar-refractivity contribution in [1.82, 2.24) is 5.32 Å². The third-order valence-corrected chi connectivity index (χ3v) is 1.04. The van der Waals surface area contributed by atoms with Crippen LogP contribution >= 0.6 is 0 Å². The van der Waals surface area contributed by atoms with Gasteiger partial charge in [-0.25, -0.2) is 4.79 Å². The summed E-state index contributed by atoms with van der Waals surface area (Å²) in [5.74, 6) is -0.448. The Labute approximate surface area is 77.6 Å². The Bertz CT molecular complexity index is 196. The van der Waals surface area contributed by atoms with E-state index in [0.29, 0.717) is 0 Å². The van der Waals surface area contributed by atoms with Crippen LogP contribution in [0.25, 0.3) is 0 Å². The molecule has 5 nitrogen and oxygen atoms in total. The van der Waals surface area contributed by atoms with Crippen molar-refractivity contribution in [3.05, 3.63) is 0 Å². The van der Waals surface area contributed by atoms with Gasteiger partial charge in [-0.3, -0.25) is 4.79 Å². The van der Waals surface area contributed by atoms with E-state index in [1.165, 1.54) is 0 Å². The van der Waals surface area contributed by atoms with E-state index in [4.69, 9.17) is 10.5 Å². The van der Waals surface area contributed by atoms with Crippen molar-refractivity contribution >= 4 is 12.0 Å². The number of carbonyl (C=O) groups excluding carboxylic acids is 2. The van der Waals surface area contributed by atoms with E-state index in [1.54, 1.807) is 20.8 Å². The molecule has 0 aromatic heterocycles. The molecule has 0 unspecified atom stereocenters. The Morgan fingerprint density at radius 2 is 1.92 bits per heavy atom. The Morgan fingerprint density at radius 1 is 1.38 bits per heavy atom. The summed E-state index contributed by atoms with van der Waals surface area (Å²) in [7, 11) is 0. The molecule has 3 N–H and O–H groups in total. The van der Waals surface area contributed by atoms with Crippen molar-refractivity contribution in [3.63, 3.8) is 0 Å². The molecule has 0 aliphatic heterocycles. The van der Waals surface area contributed by atoms with Crippen LogP contribution in [0.3, 0.4) is 0 Å². The van der Waals surface area contributed by atoms with Crippen molar-refractivity contribution in [2.45, 2.75) is 32.8 Å². The molecule has 0 aliphatic rings. The van der Waals surface area contributed by atoms with Gasteiger partial charge in [0.1, 0.15) is 5.60 Å². The number of alkyl carbamates (subject to hydrolysis) is 1. The second-order valence-electron chi connectivity index (χ2n) is 3.64. The van der Waals surface area contributed by atoms with Gasteiger partial charge < -0.3 is 15.8 Å². The van der Waals surface area contributed by atoms with Crippen LogP contribution in [0.5, 0.6) is 0 Å². The molecule has 0 saturated carbocycles. The molecule has 0 fully saturated rings. The highest BCUT2D eigenvalue weighted by Crippen LogP contribution is 2.06. The SMILES string of the molecule is CC(C)(C)OC(=O)NCCC(N)=O. The van der Waals surface area contributed by atoms with Crippen molar-refractivity contribution in [1.29, 1.82) is 0 Å². The maximum Gasteiger partial charge on any atom is 0.407 e. The standard InChI is InChI=1S/C8H16N2O3/c1-8(2,3)13-7(12)10-5-4-6(9)11/h4-5H2,1-3H3,(H2,9,11)(H,10,12). The maximum absolute atomic E-state index is 11.0. The molecule has 0 radical (unpaired) electrons. The predicted molar refractivity (Wildman–Crippen MR) is 48.0 cm³/mol. The quantitative estimate of drug-likeness (QED) is 0.672. The van der Waals surface area contributed by atoms with E-state index in [-0.39, 0.29) is 13.0 Å². The van der Waals surface area contributed by atoms with Crippen LogP contribution in [0.15, 0.2) is 0 Å². The van der Waals surface area contributed by atoms with E-state index in [2.05, 4.69) is 5.32 Å². The van der Waals surface area contributed by atoms with E-state index >= 15 is 0 Å². The van der Waals surface area contributed by atoms with Gasteiger partial charge >= 0.3 is 6.09 Å². The number of hydrogen-bond donors (Lipinski definition) is 2. The second-order valence-corrected chi connectivity index (χ2v) is 3.64. The minimum atomic E-state index is -0.534. The topological polar surface area (TPSA) is 81.4 Å². The van der Waals surface area contributed by atoms with Crippen molar-refractivity contribution in [3.8, 4) is 0 Å². The van der Waals surface area contributed by atoms with E-state index < -0.39 is 17.6 Å². The van der Waals surface area contributed by atoms with Gasteiger partial charge in [-0.1, -0.05) is 0 Å². The van der Waals surface area contributed by atoms with E-state index in [0.717, 1.165) is 0 Å². The van der Waals surface area contributed by atoms with Gasteiger partial charge in [0.15, 0.2) is 0 Å². The first-order valence-electron chi connectivity index (χ1n) is 4.06. The van der Waals surface area contributed by atoms with Gasteiger partial charge in [0.2, 0.25) is 5.91 Å². The van der Waals surface area contributed by atoms with Crippen LogP contribution in [0.4, 0.5) is 4.79 Å². The summed E-state index contributed by atoms with van der Waals surface area (Å²) in [6, 6.07) is 0. The van der Waals surface area contributed by atoms with Gasteiger partial charge in [-0.05, 0) is 20.8 Å². The summed E-state index contributed by atoms with van der Waals surface area (Å²) < 4.78 is 4.92. The van der Waals surface area contributed by atoms with Gasteiger partial charge in [0.25, 0.3) is 0 Å². The molecular formula is C8H16N2O3. The number of carbonyl (C=O) groups is 2. The number of rotatable bonds is 3. The van der Waals surface area contributed by atoms with Gasteiger partial charge in [0.05, 0.1) is 0 Å². The molecule has 0 bridgehead atoms. The van der Waals surface area contributed by atoms with Crippen molar-refractivity contribution in [2.24, 2.45) is 5.73 Å². The van der Waals surface area contributed by atoms with Gasteiger partial charge in [0, 0.05) is 13.0 Å². The predicted octanol–water partition coefficient (Wildman–Crippen LogP) is 0.386. The average molecular weight is 188 g/mol. The molecule has 0 aliphatic carbocycles. The molecule has 0 rings (SSSR count). The summed E-state index contributed by atoms with van der Waals surface area (Å²) in [5.41, 5.74) is 4.36. The molecule has 76 valence electrons. The number of nitrogens with two attached hydrogens (primary N) is 1. The first-order chi connectivity index (χ1) is 5.81. The van der Waals surface area contributed by atoms with E-state index in [1.807, 2.05) is 0 Å². The second kappa shape index (κ2) is 4.69. The zero-order chi connectivity index (χ0) is 10.5. The summed E-state index contributed by atoms with van der Waals surface area (Å²) in [6.07, 6.45) is -0.409.